The number of carbonyl (C=O) groups is 2. The lowest BCUT2D eigenvalue weighted by Crippen LogP contribution is -2.47. The molecule has 0 aliphatic carbocycles. The highest BCUT2D eigenvalue weighted by Crippen LogP contribution is 2.40. The molecule has 0 radical (unpaired) electrons. The average molecular weight is 591 g/mol. The van der Waals surface area contributed by atoms with Gasteiger partial charge >= 0.3 is 12.0 Å². The summed E-state index contributed by atoms with van der Waals surface area (Å²) >= 11 is 1.36. The number of carboxylic acid groups (broad SMARTS) is 1. The number of rotatable bonds is 8. The van der Waals surface area contributed by atoms with Crippen molar-refractivity contribution in [2.24, 2.45) is 10.4 Å². The van der Waals surface area contributed by atoms with Crippen LogP contribution in [0.25, 0.3) is 27.0 Å². The number of nitrogens with one attached hydrogen (secondary N) is 2. The van der Waals surface area contributed by atoms with Crippen molar-refractivity contribution in [3.8, 4) is 22.9 Å². The summed E-state index contributed by atoms with van der Waals surface area (Å²) in [5.41, 5.74) is 4.02. The average Bonchev–Trinajstić information content (AvgIpc) is 3.39. The maximum absolute atomic E-state index is 12.2. The fourth-order valence-electron chi connectivity index (χ4n) is 5.15. The van der Waals surface area contributed by atoms with Gasteiger partial charge in [-0.3, -0.25) is 20.0 Å². The summed E-state index contributed by atoms with van der Waals surface area (Å²) in [4.78, 5) is 40.3. The third kappa shape index (κ3) is 5.72. The quantitative estimate of drug-likeness (QED) is 0.331. The first-order chi connectivity index (χ1) is 20.1. The first kappa shape index (κ1) is 29.2. The fraction of sp³-hybridized carbons (Fsp3) is 0.367. The lowest BCUT2D eigenvalue weighted by Gasteiger charge is -2.40. The molecular formula is C30H34N6O5S. The number of pyridine rings is 1. The smallest absolute Gasteiger partial charge is 0.321 e. The lowest BCUT2D eigenvalue weighted by atomic mass is 9.80. The standard InChI is InChI=1S/C30H34N6O5S/c1-6-31-28(39)35-29-34-22-15-18(14-20(24(22)42-29)21-7-8-23(40-4)26(33-21)41-5)19-13-17(2)25(32-16-19)36-11-9-30(3,10-12-36)27(37)38/h7-8,13-16,25H,2,6,9-12H2,1,3-5H3,(H,37,38)(H2,31,34,35,39). The first-order valence-electron chi connectivity index (χ1n) is 13.7. The number of thiazole rings is 1. The lowest BCUT2D eigenvalue weighted by molar-refractivity contribution is -0.150. The van der Waals surface area contributed by atoms with E-state index in [-0.39, 0.29) is 12.2 Å². The molecule has 0 saturated carbocycles. The van der Waals surface area contributed by atoms with Gasteiger partial charge < -0.3 is 19.9 Å². The molecule has 1 fully saturated rings. The number of carboxylic acids is 1. The van der Waals surface area contributed by atoms with Gasteiger partial charge in [-0.25, -0.2) is 14.8 Å². The van der Waals surface area contributed by atoms with Crippen LogP contribution >= 0.6 is 11.3 Å². The van der Waals surface area contributed by atoms with Crippen LogP contribution in [0, 0.1) is 5.41 Å². The van der Waals surface area contributed by atoms with Crippen molar-refractivity contribution in [3.05, 3.63) is 48.1 Å². The van der Waals surface area contributed by atoms with Gasteiger partial charge in [0, 0.05) is 37.0 Å². The van der Waals surface area contributed by atoms with E-state index in [1.165, 1.54) is 18.4 Å². The Morgan fingerprint density at radius 1 is 1.19 bits per heavy atom. The van der Waals surface area contributed by atoms with Crippen molar-refractivity contribution in [1.82, 2.24) is 20.2 Å². The summed E-state index contributed by atoms with van der Waals surface area (Å²) in [6, 6.07) is 7.32. The molecule has 1 saturated heterocycles. The van der Waals surface area contributed by atoms with Crippen LogP contribution in [0.2, 0.25) is 0 Å². The van der Waals surface area contributed by atoms with Crippen molar-refractivity contribution in [2.75, 3.05) is 39.2 Å². The number of carbonyl (C=O) groups excluding carboxylic acids is 1. The van der Waals surface area contributed by atoms with Gasteiger partial charge in [-0.1, -0.05) is 17.9 Å². The number of piperidine rings is 1. The van der Waals surface area contributed by atoms with E-state index >= 15 is 0 Å². The van der Waals surface area contributed by atoms with Crippen LogP contribution < -0.4 is 20.1 Å². The van der Waals surface area contributed by atoms with E-state index in [9.17, 15) is 14.7 Å². The number of aliphatic carboxylic acids is 1. The van der Waals surface area contributed by atoms with Crippen LogP contribution in [0.3, 0.4) is 0 Å². The van der Waals surface area contributed by atoms with Crippen LogP contribution in [0.4, 0.5) is 9.93 Å². The number of nitrogens with zero attached hydrogens (tertiary/aromatic N) is 4. The number of allylic oxidation sites excluding steroid dienone is 1. The molecule has 2 aromatic heterocycles. The number of urea groups is 1. The van der Waals surface area contributed by atoms with Crippen LogP contribution in [0.15, 0.2) is 47.5 Å². The van der Waals surface area contributed by atoms with Crippen molar-refractivity contribution in [2.45, 2.75) is 32.9 Å². The Morgan fingerprint density at radius 2 is 1.95 bits per heavy atom. The summed E-state index contributed by atoms with van der Waals surface area (Å²) < 4.78 is 11.7. The number of ether oxygens (including phenoxy) is 2. The number of hydrogen-bond donors (Lipinski definition) is 3. The predicted octanol–water partition coefficient (Wildman–Crippen LogP) is 5.05. The van der Waals surface area contributed by atoms with E-state index in [0.29, 0.717) is 60.4 Å². The number of aliphatic imine (C=N–C) groups is 1. The third-order valence-corrected chi connectivity index (χ3v) is 8.71. The normalized spacial score (nSPS) is 18.4. The molecule has 2 amide bonds. The Kier molecular flexibility index (Phi) is 8.28. The SMILES string of the molecule is C=C1C=C(c2cc(-c3ccc(OC)c(OC)n3)c3sc(NC(=O)NCC)nc3c2)C=NC1N1CCC(C)(C(=O)O)CC1. The minimum atomic E-state index is -0.753. The van der Waals surface area contributed by atoms with Crippen molar-refractivity contribution in [3.63, 3.8) is 0 Å². The second kappa shape index (κ2) is 11.9. The zero-order valence-corrected chi connectivity index (χ0v) is 24.9. The summed E-state index contributed by atoms with van der Waals surface area (Å²) in [6.07, 6.45) is 4.72. The molecule has 1 atom stereocenters. The molecule has 12 heteroatoms. The van der Waals surface area contributed by atoms with Crippen molar-refractivity contribution >= 4 is 50.5 Å². The number of aromatic nitrogens is 2. The minimum Gasteiger partial charge on any atom is -0.491 e. The summed E-state index contributed by atoms with van der Waals surface area (Å²) in [5, 5.41) is 15.6. The molecule has 220 valence electrons. The highest BCUT2D eigenvalue weighted by atomic mass is 32.1. The number of methoxy groups -OCH3 is 2. The number of likely N-dealkylation sites (tertiary alicyclic amines) is 1. The molecular weight excluding hydrogens is 556 g/mol. The minimum absolute atomic E-state index is 0.241. The first-order valence-corrected chi connectivity index (χ1v) is 14.5. The highest BCUT2D eigenvalue weighted by molar-refractivity contribution is 7.22. The highest BCUT2D eigenvalue weighted by Gasteiger charge is 2.39. The molecule has 1 unspecified atom stereocenters. The number of fused-ring (bicyclic) bond motifs is 1. The largest absolute Gasteiger partial charge is 0.491 e. The second-order valence-electron chi connectivity index (χ2n) is 10.5. The molecule has 3 N–H and O–H groups in total. The van der Waals surface area contributed by atoms with E-state index in [0.717, 1.165) is 27.0 Å². The zero-order chi connectivity index (χ0) is 30.0. The fourth-order valence-corrected chi connectivity index (χ4v) is 6.11. The topological polar surface area (TPSA) is 138 Å². The molecule has 5 rings (SSSR count). The Bertz CT molecular complexity index is 1600. The van der Waals surface area contributed by atoms with E-state index in [4.69, 9.17) is 24.4 Å². The van der Waals surface area contributed by atoms with E-state index in [1.54, 1.807) is 20.1 Å². The predicted molar refractivity (Wildman–Crippen MR) is 165 cm³/mol. The van der Waals surface area contributed by atoms with Gasteiger partial charge in [0.15, 0.2) is 10.9 Å². The Labute approximate surface area is 248 Å². The van der Waals surface area contributed by atoms with Gasteiger partial charge in [0.25, 0.3) is 5.88 Å². The summed E-state index contributed by atoms with van der Waals surface area (Å²) in [7, 11) is 3.10. The van der Waals surface area contributed by atoms with Gasteiger partial charge in [-0.2, -0.15) is 0 Å². The number of amides is 2. The molecule has 0 spiro atoms. The van der Waals surface area contributed by atoms with E-state index in [2.05, 4.69) is 22.1 Å². The molecule has 1 aromatic carbocycles. The van der Waals surface area contributed by atoms with Gasteiger partial charge in [0.05, 0.1) is 35.5 Å². The van der Waals surface area contributed by atoms with E-state index < -0.39 is 11.4 Å². The number of benzene rings is 1. The second-order valence-corrected chi connectivity index (χ2v) is 11.5. The van der Waals surface area contributed by atoms with Gasteiger partial charge in [-0.05, 0) is 68.2 Å². The summed E-state index contributed by atoms with van der Waals surface area (Å²) in [5.74, 6) is 0.119. The maximum Gasteiger partial charge on any atom is 0.321 e. The van der Waals surface area contributed by atoms with Gasteiger partial charge in [0.1, 0.15) is 6.17 Å². The Hall–Kier alpha value is -4.29. The maximum atomic E-state index is 12.2. The Balaban J connectivity index is 1.50. The monoisotopic (exact) mass is 590 g/mol. The number of hydrogen-bond acceptors (Lipinski definition) is 9. The Morgan fingerprint density at radius 3 is 2.60 bits per heavy atom. The third-order valence-electron chi connectivity index (χ3n) is 7.69. The van der Waals surface area contributed by atoms with E-state index in [1.807, 2.05) is 37.4 Å². The van der Waals surface area contributed by atoms with Gasteiger partial charge in [-0.15, -0.1) is 0 Å². The number of dihydropyridines is 1. The van der Waals surface area contributed by atoms with Crippen LogP contribution in [-0.4, -0.2) is 78.2 Å². The molecule has 42 heavy (non-hydrogen) atoms. The molecule has 3 aromatic rings. The van der Waals surface area contributed by atoms with Gasteiger partial charge in [0.2, 0.25) is 0 Å². The molecule has 11 nitrogen and oxygen atoms in total. The summed E-state index contributed by atoms with van der Waals surface area (Å²) in [6.45, 7) is 9.72. The van der Waals surface area contributed by atoms with Crippen LogP contribution in [0.1, 0.15) is 32.3 Å². The molecule has 2 aliphatic rings. The molecule has 4 heterocycles. The van der Waals surface area contributed by atoms with Crippen LogP contribution in [-0.2, 0) is 4.79 Å². The molecule has 2 aliphatic heterocycles. The van der Waals surface area contributed by atoms with Crippen molar-refractivity contribution in [1.29, 1.82) is 0 Å². The zero-order valence-electron chi connectivity index (χ0n) is 24.1. The van der Waals surface area contributed by atoms with Crippen LogP contribution in [0.5, 0.6) is 11.6 Å². The van der Waals surface area contributed by atoms with Crippen molar-refractivity contribution < 1.29 is 24.2 Å². The number of anilines is 1. The molecule has 0 bridgehead atoms.